The third-order valence-corrected chi connectivity index (χ3v) is 19.1. The zero-order chi connectivity index (χ0) is 69.6. The molecule has 0 radical (unpaired) electrons. The van der Waals surface area contributed by atoms with Gasteiger partial charge < -0.3 is 79.2 Å². The molecule has 8 aromatic rings. The molecule has 7 N–H and O–H groups in total. The van der Waals surface area contributed by atoms with Gasteiger partial charge in [0.1, 0.15) is 0 Å². The molecule has 3 heterocycles. The number of amides is 5. The van der Waals surface area contributed by atoms with Gasteiger partial charge in [-0.25, -0.2) is 4.79 Å². The molecule has 0 spiro atoms. The van der Waals surface area contributed by atoms with Crippen molar-refractivity contribution in [1.82, 2.24) is 9.80 Å². The molecule has 3 fully saturated rings. The molecule has 3 saturated carbocycles. The summed E-state index contributed by atoms with van der Waals surface area (Å²) in [4.78, 5) is 77.3. The number of hydrogen-bond donors (Lipinski definition) is 7. The molecule has 25 heteroatoms. The largest absolute Gasteiger partial charge is 0.488 e. The van der Waals surface area contributed by atoms with E-state index in [0.29, 0.717) is 72.4 Å². The Morgan fingerprint density at radius 2 is 0.827 bits per heavy atom. The number of benzene rings is 8. The molecule has 0 unspecified atom stereocenters. The number of aliphatic hydroxyl groups excluding tert-OH is 2. The van der Waals surface area contributed by atoms with Gasteiger partial charge in [0.05, 0.1) is 42.1 Å². The Hall–Kier alpha value is -9.76. The summed E-state index contributed by atoms with van der Waals surface area (Å²) in [7, 11) is 6.59. The van der Waals surface area contributed by atoms with Crippen LogP contribution < -0.4 is 49.8 Å². The topological polar surface area (TPSA) is 291 Å². The van der Waals surface area contributed by atoms with E-state index in [1.807, 2.05) is 78.9 Å². The van der Waals surface area contributed by atoms with E-state index in [0.717, 1.165) is 87.7 Å². The molecule has 506 valence electrons. The van der Waals surface area contributed by atoms with Crippen molar-refractivity contribution >= 4 is 97.0 Å². The van der Waals surface area contributed by atoms with E-state index in [1.54, 1.807) is 94.9 Å². The van der Waals surface area contributed by atoms with Crippen LogP contribution in [0.5, 0.6) is 34.5 Å². The highest BCUT2D eigenvalue weighted by atomic mass is 79.9. The van der Waals surface area contributed by atoms with Gasteiger partial charge in [0.25, 0.3) is 11.8 Å². The van der Waals surface area contributed by atoms with Crippen LogP contribution in [0.2, 0.25) is 0 Å². The lowest BCUT2D eigenvalue weighted by atomic mass is 9.80. The van der Waals surface area contributed by atoms with Gasteiger partial charge in [-0.1, -0.05) is 70.5 Å². The fourth-order valence-corrected chi connectivity index (χ4v) is 12.5. The first kappa shape index (κ1) is 69.6. The first-order valence-electron chi connectivity index (χ1n) is 31.2. The maximum absolute atomic E-state index is 13.3. The summed E-state index contributed by atoms with van der Waals surface area (Å²) in [6.45, 7) is 0.447. The van der Waals surface area contributed by atoms with Crippen molar-refractivity contribution in [2.24, 2.45) is 0 Å². The zero-order valence-electron chi connectivity index (χ0n) is 54.1. The number of ether oxygens (including phenoxy) is 7. The Balaban J connectivity index is 0.000000138. The Morgan fingerprint density at radius 3 is 1.18 bits per heavy atom. The van der Waals surface area contributed by atoms with Crippen LogP contribution in [-0.2, 0) is 48.6 Å². The van der Waals surface area contributed by atoms with E-state index in [1.165, 1.54) is 29.0 Å². The Bertz CT molecular complexity index is 4370. The van der Waals surface area contributed by atoms with Crippen LogP contribution in [0.25, 0.3) is 11.1 Å². The van der Waals surface area contributed by atoms with Gasteiger partial charge in [0.15, 0.2) is 34.5 Å². The standard InChI is InChI=1S/C27H26N2O5.C19H16BrNO5.C18H16BrNO4.C9H12BNO3/c1-29(2)25(31)18-5-3-17(4-6-18)22-14-21(9-7-19(22)15-30)28-26(32)27(11-12-27)20-8-10-23-24(13-20)34-16-33-23;1-24-17(22)13-4-3-12(9-14(13)20)21-18(23)19(6-7-19)11-2-5-15-16(8-11)26-10-25-15;19-14-8-13(3-1-11(14)9-21)20-17(22)18(5-6-18)12-2-4-15-16(7-12)24-10-23-15;1-11(2)9(12)7-3-5-8(6-4-7)10(13)14/h3-10,13-14,30H,11-12,15-16H2,1-2H3,(H,28,32);2-5,8-9H,6-7,10H2,1H3,(H,21,23);1-4,7-8,21H,5-6,9-10H2,(H,20,22);3-6,13-14H,1-2H3. The van der Waals surface area contributed by atoms with Crippen LogP contribution >= 0.6 is 31.9 Å². The molecule has 3 aliphatic carbocycles. The molecule has 6 aliphatic rings. The molecule has 5 amide bonds. The minimum absolute atomic E-state index is 0.0231. The maximum atomic E-state index is 13.3. The quantitative estimate of drug-likeness (QED) is 0.0350. The van der Waals surface area contributed by atoms with Crippen molar-refractivity contribution in [2.75, 3.05) is 71.6 Å². The molecule has 14 rings (SSSR count). The van der Waals surface area contributed by atoms with Crippen LogP contribution in [0.15, 0.2) is 167 Å². The normalized spacial score (nSPS) is 15.0. The van der Waals surface area contributed by atoms with Gasteiger partial charge in [-0.2, -0.15) is 0 Å². The lowest BCUT2D eigenvalue weighted by Gasteiger charge is -2.18. The summed E-state index contributed by atoms with van der Waals surface area (Å²) in [6.07, 6.45) is 4.71. The predicted molar refractivity (Wildman–Crippen MR) is 372 cm³/mol. The molecule has 0 atom stereocenters. The second-order valence-corrected chi connectivity index (χ2v) is 26.2. The highest BCUT2D eigenvalue weighted by Gasteiger charge is 2.54. The molecule has 0 aromatic heterocycles. The van der Waals surface area contributed by atoms with Gasteiger partial charge in [0.2, 0.25) is 38.1 Å². The number of esters is 1. The van der Waals surface area contributed by atoms with Gasteiger partial charge in [-0.3, -0.25) is 24.0 Å². The van der Waals surface area contributed by atoms with E-state index in [-0.39, 0.29) is 63.1 Å². The third kappa shape index (κ3) is 15.2. The van der Waals surface area contributed by atoms with Crippen molar-refractivity contribution < 1.29 is 82.2 Å². The Kier molecular flexibility index (Phi) is 21.0. The summed E-state index contributed by atoms with van der Waals surface area (Å²) < 4.78 is 38.4. The number of fused-ring (bicyclic) bond motifs is 3. The fourth-order valence-electron chi connectivity index (χ4n) is 11.4. The van der Waals surface area contributed by atoms with E-state index >= 15 is 0 Å². The summed E-state index contributed by atoms with van der Waals surface area (Å²) in [6, 6.07) is 46.3. The number of aliphatic hydroxyl groups is 2. The van der Waals surface area contributed by atoms with Gasteiger partial charge in [-0.15, -0.1) is 0 Å². The molecule has 0 saturated heterocycles. The minimum atomic E-state index is -1.49. The van der Waals surface area contributed by atoms with Crippen LogP contribution in [0.1, 0.15) is 97.4 Å². The maximum Gasteiger partial charge on any atom is 0.488 e. The molecule has 3 aliphatic heterocycles. The molecular weight excluding hydrogens is 1390 g/mol. The summed E-state index contributed by atoms with van der Waals surface area (Å²) in [5.41, 5.74) is 8.21. The first-order valence-corrected chi connectivity index (χ1v) is 32.8. The van der Waals surface area contributed by atoms with Crippen molar-refractivity contribution in [1.29, 1.82) is 0 Å². The van der Waals surface area contributed by atoms with Crippen LogP contribution in [0.4, 0.5) is 17.1 Å². The number of carbonyl (C=O) groups is 6. The van der Waals surface area contributed by atoms with E-state index in [9.17, 15) is 39.0 Å². The van der Waals surface area contributed by atoms with Gasteiger partial charge >= 0.3 is 13.1 Å². The minimum Gasteiger partial charge on any atom is -0.465 e. The number of carbonyl (C=O) groups excluding carboxylic acids is 6. The monoisotopic (exact) mass is 1460 g/mol. The second-order valence-electron chi connectivity index (χ2n) is 24.5. The van der Waals surface area contributed by atoms with Crippen molar-refractivity contribution in [3.63, 3.8) is 0 Å². The Labute approximate surface area is 582 Å². The highest BCUT2D eigenvalue weighted by Crippen LogP contribution is 2.54. The summed E-state index contributed by atoms with van der Waals surface area (Å²) in [5.74, 6) is 3.37. The average Bonchev–Trinajstić information content (AvgIpc) is 1.60. The predicted octanol–water partition coefficient (Wildman–Crippen LogP) is 9.99. The number of anilines is 3. The van der Waals surface area contributed by atoms with Crippen molar-refractivity contribution in [3.05, 3.63) is 211 Å². The number of nitrogens with zero attached hydrogens (tertiary/aromatic N) is 2. The first-order chi connectivity index (χ1) is 47.1. The SMILES string of the molecule is CN(C)C(=O)c1ccc(-c2cc(NC(=O)C3(c4ccc5c(c4)OCO5)CC3)ccc2CO)cc1.CN(C)C(=O)c1ccc(B(O)O)cc1.COC(=O)c1ccc(NC(=O)C2(c3ccc4c(c3)OCO4)CC2)cc1Br.O=C(Nc1ccc(CO)c(Br)c1)C1(c2ccc3c(c2)OCO3)CC1. The molecule has 22 nitrogen and oxygen atoms in total. The zero-order valence-corrected chi connectivity index (χ0v) is 57.3. The molecular formula is C73H70BBr2N5O17. The van der Waals surface area contributed by atoms with E-state index < -0.39 is 29.3 Å². The van der Waals surface area contributed by atoms with E-state index in [2.05, 4.69) is 47.8 Å². The summed E-state index contributed by atoms with van der Waals surface area (Å²) >= 11 is 6.74. The fraction of sp³-hybridized carbons (Fsp3) is 0.260. The van der Waals surface area contributed by atoms with Crippen molar-refractivity contribution in [2.45, 2.75) is 68.0 Å². The smallest absolute Gasteiger partial charge is 0.465 e. The lowest BCUT2D eigenvalue weighted by molar-refractivity contribution is -0.119. The average molecular weight is 1460 g/mol. The van der Waals surface area contributed by atoms with Crippen LogP contribution in [-0.4, -0.2) is 128 Å². The van der Waals surface area contributed by atoms with Gasteiger partial charge in [0, 0.05) is 65.3 Å². The van der Waals surface area contributed by atoms with Crippen LogP contribution in [0.3, 0.4) is 0 Å². The molecule has 98 heavy (non-hydrogen) atoms. The molecule has 0 bridgehead atoms. The number of nitrogens with one attached hydrogen (secondary N) is 3. The number of methoxy groups -OCH3 is 1. The number of rotatable bonds is 16. The van der Waals surface area contributed by atoms with Crippen LogP contribution in [0, 0.1) is 0 Å². The highest BCUT2D eigenvalue weighted by molar-refractivity contribution is 9.10. The summed E-state index contributed by atoms with van der Waals surface area (Å²) in [5, 5.41) is 45.7. The number of halogens is 2. The second kappa shape index (κ2) is 29.5. The lowest BCUT2D eigenvalue weighted by Crippen LogP contribution is -2.30. The number of hydrogen-bond acceptors (Lipinski definition) is 17. The van der Waals surface area contributed by atoms with Gasteiger partial charge in [-0.05, 0) is 202 Å². The third-order valence-electron chi connectivity index (χ3n) is 17.7. The van der Waals surface area contributed by atoms with E-state index in [4.69, 9.17) is 43.2 Å². The molecule has 8 aromatic carbocycles. The van der Waals surface area contributed by atoms with Crippen molar-refractivity contribution in [3.8, 4) is 45.6 Å². The Morgan fingerprint density at radius 1 is 0.459 bits per heavy atom.